The molecule has 0 heterocycles. The molecule has 214 valence electrons. The molecule has 0 aliphatic heterocycles. The van der Waals surface area contributed by atoms with Gasteiger partial charge >= 0.3 is 0 Å². The zero-order valence-electron chi connectivity index (χ0n) is 24.2. The summed E-state index contributed by atoms with van der Waals surface area (Å²) < 4.78 is 33.9. The van der Waals surface area contributed by atoms with Crippen molar-refractivity contribution in [1.82, 2.24) is 0 Å². The molecular weight excluding hydrogens is 520 g/mol. The van der Waals surface area contributed by atoms with E-state index >= 15 is 0 Å². The van der Waals surface area contributed by atoms with Crippen LogP contribution in [0.15, 0.2) is 78.9 Å². The highest BCUT2D eigenvalue weighted by Gasteiger charge is 2.48. The van der Waals surface area contributed by atoms with Crippen LogP contribution in [0, 0.1) is 0 Å². The van der Waals surface area contributed by atoms with Crippen LogP contribution >= 0.6 is 0 Å². The van der Waals surface area contributed by atoms with Gasteiger partial charge in [0.05, 0.1) is 48.8 Å². The van der Waals surface area contributed by atoms with Gasteiger partial charge in [0.2, 0.25) is 0 Å². The van der Waals surface area contributed by atoms with Gasteiger partial charge in [-0.2, -0.15) is 0 Å². The molecule has 0 bridgehead atoms. The molecule has 5 rings (SSSR count). The van der Waals surface area contributed by atoms with Crippen LogP contribution in [0.25, 0.3) is 0 Å². The summed E-state index contributed by atoms with van der Waals surface area (Å²) in [6.45, 7) is 0. The third-order valence-electron chi connectivity index (χ3n) is 8.05. The lowest BCUT2D eigenvalue weighted by Crippen LogP contribution is -2.18. The zero-order chi connectivity index (χ0) is 29.1. The highest BCUT2D eigenvalue weighted by atomic mass is 16.5. The lowest BCUT2D eigenvalue weighted by molar-refractivity contribution is 0.134. The van der Waals surface area contributed by atoms with Crippen molar-refractivity contribution in [3.63, 3.8) is 0 Å². The van der Waals surface area contributed by atoms with Crippen molar-refractivity contribution in [2.24, 2.45) is 0 Å². The van der Waals surface area contributed by atoms with Crippen LogP contribution in [0.5, 0.6) is 34.5 Å². The molecule has 2 unspecified atom stereocenters. The van der Waals surface area contributed by atoms with Gasteiger partial charge in [0.25, 0.3) is 0 Å². The van der Waals surface area contributed by atoms with Gasteiger partial charge in [0.15, 0.2) is 0 Å². The monoisotopic (exact) mass is 556 g/mol. The molecule has 0 radical (unpaired) electrons. The van der Waals surface area contributed by atoms with Crippen LogP contribution in [0.1, 0.15) is 51.7 Å². The van der Waals surface area contributed by atoms with Gasteiger partial charge in [0.1, 0.15) is 34.5 Å². The SMILES string of the molecule is COc1ccc(C(O)C2c3cc(OC)cc(OC)c3[C@@H](c3ccc(OC)cc3)[C@@H]2c2cc(OC)cc(OC)c2)cc1. The van der Waals surface area contributed by atoms with Crippen molar-refractivity contribution in [3.05, 3.63) is 107 Å². The van der Waals surface area contributed by atoms with E-state index in [1.165, 1.54) is 0 Å². The minimum atomic E-state index is -0.859. The molecule has 4 aromatic rings. The first kappa shape index (κ1) is 28.2. The van der Waals surface area contributed by atoms with Crippen molar-refractivity contribution < 1.29 is 33.5 Å². The van der Waals surface area contributed by atoms with E-state index < -0.39 is 6.10 Å². The van der Waals surface area contributed by atoms with Gasteiger partial charge in [0, 0.05) is 35.4 Å². The van der Waals surface area contributed by atoms with Crippen LogP contribution in [0.2, 0.25) is 0 Å². The fourth-order valence-corrected chi connectivity index (χ4v) is 6.08. The second-order valence-corrected chi connectivity index (χ2v) is 10.00. The van der Waals surface area contributed by atoms with Crippen molar-refractivity contribution in [2.45, 2.75) is 23.9 Å². The summed E-state index contributed by atoms with van der Waals surface area (Å²) in [4.78, 5) is 0. The van der Waals surface area contributed by atoms with Gasteiger partial charge < -0.3 is 33.5 Å². The first-order valence-corrected chi connectivity index (χ1v) is 13.4. The molecule has 0 aromatic heterocycles. The maximum atomic E-state index is 12.2. The lowest BCUT2D eigenvalue weighted by Gasteiger charge is -2.31. The Morgan fingerprint density at radius 1 is 0.537 bits per heavy atom. The predicted octanol–water partition coefficient (Wildman–Crippen LogP) is 6.48. The number of aliphatic hydroxyl groups excluding tert-OH is 1. The Labute approximate surface area is 241 Å². The minimum absolute atomic E-state index is 0.175. The number of benzene rings is 4. The van der Waals surface area contributed by atoms with Crippen molar-refractivity contribution in [3.8, 4) is 34.5 Å². The largest absolute Gasteiger partial charge is 0.497 e. The maximum absolute atomic E-state index is 12.2. The standard InChI is InChI=1S/C34H36O7/c1-36-23-11-7-20(8-12-23)30-31(22-15-25(38-3)17-26(16-22)39-4)33(34(35)21-9-13-24(37-2)14-10-21)28-18-27(40-5)19-29(41-6)32(28)30/h7-19,30-31,33-35H,1-6H3/t30-,31-,33?,34?/m0/s1. The van der Waals surface area contributed by atoms with Crippen molar-refractivity contribution in [1.29, 1.82) is 0 Å². The first-order valence-electron chi connectivity index (χ1n) is 13.4. The average Bonchev–Trinajstić information content (AvgIpc) is 3.38. The Balaban J connectivity index is 1.80. The molecule has 0 fully saturated rings. The number of hydrogen-bond acceptors (Lipinski definition) is 7. The molecule has 0 amide bonds. The highest BCUT2D eigenvalue weighted by molar-refractivity contribution is 5.61. The summed E-state index contributed by atoms with van der Waals surface area (Å²) >= 11 is 0. The second kappa shape index (κ2) is 12.0. The second-order valence-electron chi connectivity index (χ2n) is 10.00. The summed E-state index contributed by atoms with van der Waals surface area (Å²) in [7, 11) is 9.86. The number of methoxy groups -OCH3 is 6. The van der Waals surface area contributed by atoms with E-state index in [1.807, 2.05) is 66.7 Å². The van der Waals surface area contributed by atoms with E-state index in [1.54, 1.807) is 42.7 Å². The Morgan fingerprint density at radius 2 is 1.05 bits per heavy atom. The van der Waals surface area contributed by atoms with Crippen LogP contribution in [-0.2, 0) is 0 Å². The van der Waals surface area contributed by atoms with Gasteiger partial charge in [-0.1, -0.05) is 24.3 Å². The molecule has 1 N–H and O–H groups in total. The van der Waals surface area contributed by atoms with Gasteiger partial charge in [-0.25, -0.2) is 0 Å². The molecular formula is C34H36O7. The predicted molar refractivity (Wildman–Crippen MR) is 157 cm³/mol. The summed E-state index contributed by atoms with van der Waals surface area (Å²) in [5.41, 5.74) is 4.77. The summed E-state index contributed by atoms with van der Waals surface area (Å²) in [6.07, 6.45) is -0.859. The fourth-order valence-electron chi connectivity index (χ4n) is 6.08. The average molecular weight is 557 g/mol. The lowest BCUT2D eigenvalue weighted by atomic mass is 9.75. The van der Waals surface area contributed by atoms with Gasteiger partial charge in [-0.3, -0.25) is 0 Å². The fraction of sp³-hybridized carbons (Fsp3) is 0.294. The van der Waals surface area contributed by atoms with Crippen molar-refractivity contribution >= 4 is 0 Å². The molecule has 0 saturated heterocycles. The van der Waals surface area contributed by atoms with Crippen LogP contribution in [-0.4, -0.2) is 47.8 Å². The number of aliphatic hydroxyl groups is 1. The summed E-state index contributed by atoms with van der Waals surface area (Å²) in [5.74, 6) is 3.43. The number of hydrogen-bond donors (Lipinski definition) is 1. The smallest absolute Gasteiger partial charge is 0.126 e. The number of ether oxygens (including phenoxy) is 6. The Morgan fingerprint density at radius 3 is 1.56 bits per heavy atom. The van der Waals surface area contributed by atoms with Crippen LogP contribution < -0.4 is 28.4 Å². The first-order chi connectivity index (χ1) is 20.0. The molecule has 7 nitrogen and oxygen atoms in total. The third-order valence-corrected chi connectivity index (χ3v) is 8.05. The third kappa shape index (κ3) is 5.25. The molecule has 4 atom stereocenters. The molecule has 1 aliphatic carbocycles. The number of rotatable bonds is 10. The summed E-state index contributed by atoms with van der Waals surface area (Å²) in [6, 6.07) is 25.4. The Hall–Kier alpha value is -4.36. The quantitative estimate of drug-likeness (QED) is 0.239. The molecule has 4 aromatic carbocycles. The van der Waals surface area contributed by atoms with E-state index in [0.29, 0.717) is 23.0 Å². The maximum Gasteiger partial charge on any atom is 0.126 e. The van der Waals surface area contributed by atoms with Crippen molar-refractivity contribution in [2.75, 3.05) is 42.7 Å². The van der Waals surface area contributed by atoms with Gasteiger partial charge in [-0.15, -0.1) is 0 Å². The summed E-state index contributed by atoms with van der Waals surface area (Å²) in [5, 5.41) is 12.2. The molecule has 0 spiro atoms. The van der Waals surface area contributed by atoms with Crippen LogP contribution in [0.3, 0.4) is 0 Å². The van der Waals surface area contributed by atoms with Crippen LogP contribution in [0.4, 0.5) is 0 Å². The van der Waals surface area contributed by atoms with E-state index in [9.17, 15) is 5.11 Å². The van der Waals surface area contributed by atoms with E-state index in [4.69, 9.17) is 28.4 Å². The minimum Gasteiger partial charge on any atom is -0.497 e. The topological polar surface area (TPSA) is 75.6 Å². The molecule has 41 heavy (non-hydrogen) atoms. The Bertz CT molecular complexity index is 1460. The van der Waals surface area contributed by atoms with E-state index in [-0.39, 0.29) is 17.8 Å². The molecule has 7 heteroatoms. The molecule has 1 aliphatic rings. The number of fused-ring (bicyclic) bond motifs is 1. The molecule has 0 saturated carbocycles. The Kier molecular flexibility index (Phi) is 8.26. The van der Waals surface area contributed by atoms with Gasteiger partial charge in [-0.05, 0) is 64.7 Å². The van der Waals surface area contributed by atoms with E-state index in [0.717, 1.165) is 39.3 Å². The zero-order valence-corrected chi connectivity index (χ0v) is 24.2. The highest BCUT2D eigenvalue weighted by Crippen LogP contribution is 2.62. The van der Waals surface area contributed by atoms with E-state index in [2.05, 4.69) is 12.1 Å². The normalized spacial score (nSPS) is 18.3.